The van der Waals surface area contributed by atoms with E-state index in [4.69, 9.17) is 4.74 Å². The second kappa shape index (κ2) is 4.37. The van der Waals surface area contributed by atoms with Crippen LogP contribution in [0.25, 0.3) is 0 Å². The molecule has 0 spiro atoms. The smallest absolute Gasteiger partial charge is 0.241 e. The number of amides is 2. The van der Waals surface area contributed by atoms with Crippen molar-refractivity contribution in [3.05, 3.63) is 40.0 Å². The van der Waals surface area contributed by atoms with Gasteiger partial charge in [0.2, 0.25) is 11.8 Å². The summed E-state index contributed by atoms with van der Waals surface area (Å²) in [7, 11) is 0. The molecule has 3 aliphatic heterocycles. The Bertz CT molecular complexity index is 688. The molecule has 21 heavy (non-hydrogen) atoms. The Morgan fingerprint density at radius 1 is 1.29 bits per heavy atom. The van der Waals surface area contributed by atoms with Crippen molar-refractivity contribution in [1.82, 2.24) is 0 Å². The predicted octanol–water partition coefficient (Wildman–Crippen LogP) is 1.10. The maximum absolute atomic E-state index is 12.8. The third-order valence-electron chi connectivity index (χ3n) is 4.50. The topological polar surface area (TPSA) is 66.8 Å². The molecule has 2 fully saturated rings. The molecule has 2 bridgehead atoms. The highest BCUT2D eigenvalue weighted by molar-refractivity contribution is 14.1. The van der Waals surface area contributed by atoms with Gasteiger partial charge in [0.1, 0.15) is 5.60 Å². The van der Waals surface area contributed by atoms with E-state index in [1.165, 1.54) is 4.90 Å². The van der Waals surface area contributed by atoms with Crippen LogP contribution in [0.3, 0.4) is 0 Å². The normalized spacial score (nSPS) is 36.7. The molecule has 1 aromatic rings. The van der Waals surface area contributed by atoms with Gasteiger partial charge in [0.15, 0.2) is 0 Å². The number of nitrogens with zero attached hydrogens (tertiary/aromatic N) is 1. The zero-order chi connectivity index (χ0) is 14.8. The van der Waals surface area contributed by atoms with Crippen LogP contribution >= 0.6 is 22.6 Å². The van der Waals surface area contributed by atoms with E-state index < -0.39 is 23.5 Å². The van der Waals surface area contributed by atoms with Gasteiger partial charge in [0, 0.05) is 3.57 Å². The van der Waals surface area contributed by atoms with Crippen LogP contribution in [0.4, 0.5) is 5.69 Å². The number of imide groups is 1. The zero-order valence-electron chi connectivity index (χ0n) is 10.9. The fourth-order valence-corrected chi connectivity index (χ4v) is 4.18. The SMILES string of the molecule is O=C1[C@H]2[C@H]3C=C[C@@](CO)(O3)[C@H]2C(=O)N1c1ccccc1I. The maximum Gasteiger partial charge on any atom is 0.241 e. The highest BCUT2D eigenvalue weighted by Crippen LogP contribution is 2.52. The average Bonchev–Trinajstić information content (AvgIpc) is 3.12. The predicted molar refractivity (Wildman–Crippen MR) is 82.5 cm³/mol. The number of fused-ring (bicyclic) bond motifs is 5. The number of aliphatic hydroxyl groups excluding tert-OH is 1. The first kappa shape index (κ1) is 13.4. The van der Waals surface area contributed by atoms with E-state index in [9.17, 15) is 14.7 Å². The van der Waals surface area contributed by atoms with Crippen LogP contribution in [-0.2, 0) is 14.3 Å². The van der Waals surface area contributed by atoms with E-state index in [0.29, 0.717) is 5.69 Å². The molecule has 0 aliphatic carbocycles. The fourth-order valence-electron chi connectivity index (χ4n) is 3.55. The Morgan fingerprint density at radius 2 is 2.05 bits per heavy atom. The molecule has 0 aromatic heterocycles. The average molecular weight is 397 g/mol. The van der Waals surface area contributed by atoms with Gasteiger partial charge in [-0.25, -0.2) is 4.90 Å². The molecular weight excluding hydrogens is 385 g/mol. The molecule has 6 heteroatoms. The largest absolute Gasteiger partial charge is 0.393 e. The van der Waals surface area contributed by atoms with E-state index >= 15 is 0 Å². The molecule has 0 radical (unpaired) electrons. The first-order chi connectivity index (χ1) is 10.1. The van der Waals surface area contributed by atoms with Crippen LogP contribution in [0, 0.1) is 15.4 Å². The Balaban J connectivity index is 1.81. The van der Waals surface area contributed by atoms with Crippen LogP contribution < -0.4 is 4.90 Å². The molecule has 2 saturated heterocycles. The van der Waals surface area contributed by atoms with Crippen molar-refractivity contribution in [2.75, 3.05) is 11.5 Å². The summed E-state index contributed by atoms with van der Waals surface area (Å²) in [5, 5.41) is 9.65. The molecule has 4 rings (SSSR count). The van der Waals surface area contributed by atoms with E-state index in [1.807, 2.05) is 12.1 Å². The number of halogens is 1. The lowest BCUT2D eigenvalue weighted by atomic mass is 9.77. The number of hydrogen-bond acceptors (Lipinski definition) is 4. The van der Waals surface area contributed by atoms with Gasteiger partial charge >= 0.3 is 0 Å². The number of carbonyl (C=O) groups is 2. The Morgan fingerprint density at radius 3 is 2.76 bits per heavy atom. The van der Waals surface area contributed by atoms with Crippen LogP contribution in [0.15, 0.2) is 36.4 Å². The Labute approximate surface area is 134 Å². The molecule has 3 heterocycles. The summed E-state index contributed by atoms with van der Waals surface area (Å²) in [6.07, 6.45) is 3.09. The van der Waals surface area contributed by atoms with E-state index in [2.05, 4.69) is 22.6 Å². The minimum absolute atomic E-state index is 0.237. The van der Waals surface area contributed by atoms with Crippen LogP contribution in [0.1, 0.15) is 0 Å². The quantitative estimate of drug-likeness (QED) is 0.461. The maximum atomic E-state index is 12.8. The van der Waals surface area contributed by atoms with Crippen molar-refractivity contribution in [3.8, 4) is 0 Å². The number of ether oxygens (including phenoxy) is 1. The van der Waals surface area contributed by atoms with Crippen molar-refractivity contribution >= 4 is 40.1 Å². The monoisotopic (exact) mass is 397 g/mol. The minimum Gasteiger partial charge on any atom is -0.393 e. The van der Waals surface area contributed by atoms with Crippen LogP contribution in [0.2, 0.25) is 0 Å². The summed E-state index contributed by atoms with van der Waals surface area (Å²) < 4.78 is 6.54. The van der Waals surface area contributed by atoms with E-state index in [-0.39, 0.29) is 18.4 Å². The number of aliphatic hydroxyl groups is 1. The number of para-hydroxylation sites is 1. The summed E-state index contributed by atoms with van der Waals surface area (Å²) in [5.41, 5.74) is -0.424. The van der Waals surface area contributed by atoms with Crippen molar-refractivity contribution < 1.29 is 19.4 Å². The summed E-state index contributed by atoms with van der Waals surface area (Å²) in [6.45, 7) is -0.292. The molecule has 2 amide bonds. The lowest BCUT2D eigenvalue weighted by Gasteiger charge is -2.26. The lowest BCUT2D eigenvalue weighted by Crippen LogP contribution is -2.43. The molecule has 108 valence electrons. The summed E-state index contributed by atoms with van der Waals surface area (Å²) >= 11 is 2.11. The van der Waals surface area contributed by atoms with Crippen LogP contribution in [-0.4, -0.2) is 35.2 Å². The van der Waals surface area contributed by atoms with Crippen LogP contribution in [0.5, 0.6) is 0 Å². The minimum atomic E-state index is -1.03. The van der Waals surface area contributed by atoms with Crippen molar-refractivity contribution in [2.24, 2.45) is 11.8 Å². The van der Waals surface area contributed by atoms with Gasteiger partial charge in [-0.1, -0.05) is 24.3 Å². The lowest BCUT2D eigenvalue weighted by molar-refractivity contribution is -0.128. The fraction of sp³-hybridized carbons (Fsp3) is 0.333. The second-order valence-corrected chi connectivity index (χ2v) is 6.68. The van der Waals surface area contributed by atoms with Gasteiger partial charge in [0.05, 0.1) is 30.2 Å². The molecule has 3 aliphatic rings. The number of rotatable bonds is 2. The number of benzene rings is 1. The van der Waals surface area contributed by atoms with Crippen molar-refractivity contribution in [1.29, 1.82) is 0 Å². The number of anilines is 1. The summed E-state index contributed by atoms with van der Waals surface area (Å²) in [4.78, 5) is 26.7. The third-order valence-corrected chi connectivity index (χ3v) is 5.41. The Kier molecular flexibility index (Phi) is 2.79. The van der Waals surface area contributed by atoms with Crippen molar-refractivity contribution in [3.63, 3.8) is 0 Å². The van der Waals surface area contributed by atoms with Gasteiger partial charge in [-0.3, -0.25) is 9.59 Å². The molecule has 4 atom stereocenters. The number of carbonyl (C=O) groups excluding carboxylic acids is 2. The van der Waals surface area contributed by atoms with Crippen molar-refractivity contribution in [2.45, 2.75) is 11.7 Å². The van der Waals surface area contributed by atoms with Gasteiger partial charge in [-0.2, -0.15) is 0 Å². The first-order valence-corrected chi connectivity index (χ1v) is 7.77. The van der Waals surface area contributed by atoms with E-state index in [0.717, 1.165) is 3.57 Å². The highest BCUT2D eigenvalue weighted by Gasteiger charge is 2.67. The van der Waals surface area contributed by atoms with E-state index in [1.54, 1.807) is 24.3 Å². The van der Waals surface area contributed by atoms with Gasteiger partial charge in [0.25, 0.3) is 0 Å². The zero-order valence-corrected chi connectivity index (χ0v) is 13.1. The summed E-state index contributed by atoms with van der Waals surface area (Å²) in [5.74, 6) is -1.67. The first-order valence-electron chi connectivity index (χ1n) is 6.69. The van der Waals surface area contributed by atoms with Gasteiger partial charge in [-0.05, 0) is 34.7 Å². The molecular formula is C15H12INO4. The summed E-state index contributed by atoms with van der Waals surface area (Å²) in [6, 6.07) is 7.29. The molecule has 0 unspecified atom stereocenters. The van der Waals surface area contributed by atoms with Gasteiger partial charge < -0.3 is 9.84 Å². The molecule has 1 aromatic carbocycles. The third kappa shape index (κ3) is 1.58. The second-order valence-electron chi connectivity index (χ2n) is 5.52. The highest BCUT2D eigenvalue weighted by atomic mass is 127. The van der Waals surface area contributed by atoms with Gasteiger partial charge in [-0.15, -0.1) is 0 Å². The Hall–Kier alpha value is -1.25. The molecule has 5 nitrogen and oxygen atoms in total. The molecule has 1 N–H and O–H groups in total. The standard InChI is InChI=1S/C15H12INO4/c16-8-3-1-2-4-9(8)17-13(19)11-10-5-6-15(7-18,21-10)12(11)14(17)20/h1-6,10-12,18H,7H2/t10-,11+,12-,15+/m1/s1. The number of hydrogen-bond donors (Lipinski definition) is 1. The molecule has 0 saturated carbocycles.